The van der Waals surface area contributed by atoms with Crippen molar-refractivity contribution in [2.24, 2.45) is 0 Å². The Kier molecular flexibility index (Phi) is 7.29. The Morgan fingerprint density at radius 2 is 1.97 bits per heavy atom. The minimum Gasteiger partial charge on any atom is -0.490 e. The third-order valence-electron chi connectivity index (χ3n) is 4.19. The molecule has 2 heterocycles. The van der Waals surface area contributed by atoms with Gasteiger partial charge in [0, 0.05) is 24.4 Å². The molecule has 0 bridgehead atoms. The maximum atomic E-state index is 12.4. The maximum Gasteiger partial charge on any atom is 0.321 e. The first kappa shape index (κ1) is 22.1. The molecule has 1 aromatic carbocycles. The molecule has 1 N–H and O–H groups in total. The molecule has 1 aliphatic rings. The first-order chi connectivity index (χ1) is 14.3. The SMILES string of the molecule is CN(Cc1cccs1)C(=O)COC(=O)CNS(=O)(=O)c1ccc2c(c1)OCCCO2. The van der Waals surface area contributed by atoms with E-state index in [9.17, 15) is 18.0 Å². The Morgan fingerprint density at radius 1 is 1.20 bits per heavy atom. The van der Waals surface area contributed by atoms with Crippen LogP contribution in [0.3, 0.4) is 0 Å². The van der Waals surface area contributed by atoms with Crippen LogP contribution in [0.4, 0.5) is 0 Å². The van der Waals surface area contributed by atoms with Gasteiger partial charge in [-0.15, -0.1) is 11.3 Å². The van der Waals surface area contributed by atoms with Gasteiger partial charge in [0.15, 0.2) is 18.1 Å². The van der Waals surface area contributed by atoms with Gasteiger partial charge in [0.2, 0.25) is 10.0 Å². The normalized spacial score (nSPS) is 13.4. The summed E-state index contributed by atoms with van der Waals surface area (Å²) in [4.78, 5) is 26.3. The molecule has 0 radical (unpaired) electrons. The number of hydrogen-bond acceptors (Lipinski definition) is 8. The summed E-state index contributed by atoms with van der Waals surface area (Å²) in [5.41, 5.74) is 0. The molecular weight excluding hydrogens is 432 g/mol. The van der Waals surface area contributed by atoms with Crippen molar-refractivity contribution in [3.8, 4) is 11.5 Å². The summed E-state index contributed by atoms with van der Waals surface area (Å²) in [6.07, 6.45) is 0.697. The molecule has 9 nitrogen and oxygen atoms in total. The van der Waals surface area contributed by atoms with Gasteiger partial charge in [0.1, 0.15) is 6.54 Å². The summed E-state index contributed by atoms with van der Waals surface area (Å²) in [6.45, 7) is 0.256. The minimum atomic E-state index is -3.97. The number of likely N-dealkylation sites (N-methyl/N-ethyl adjacent to an activating group) is 1. The average molecular weight is 455 g/mol. The molecule has 0 saturated carbocycles. The van der Waals surface area contributed by atoms with E-state index in [0.29, 0.717) is 37.7 Å². The Morgan fingerprint density at radius 3 is 2.70 bits per heavy atom. The lowest BCUT2D eigenvalue weighted by Crippen LogP contribution is -2.34. The molecule has 3 rings (SSSR count). The van der Waals surface area contributed by atoms with Gasteiger partial charge in [0.05, 0.1) is 24.7 Å². The van der Waals surface area contributed by atoms with E-state index < -0.39 is 29.1 Å². The number of amides is 1. The Hall–Kier alpha value is -2.63. The summed E-state index contributed by atoms with van der Waals surface area (Å²) < 4.78 is 42.9. The lowest BCUT2D eigenvalue weighted by molar-refractivity contribution is -0.150. The summed E-state index contributed by atoms with van der Waals surface area (Å²) in [6, 6.07) is 8.00. The molecule has 1 aliphatic heterocycles. The molecule has 30 heavy (non-hydrogen) atoms. The lowest BCUT2D eigenvalue weighted by atomic mass is 10.3. The predicted octanol–water partition coefficient (Wildman–Crippen LogP) is 1.39. The first-order valence-electron chi connectivity index (χ1n) is 9.16. The number of hydrogen-bond donors (Lipinski definition) is 1. The van der Waals surface area contributed by atoms with Crippen LogP contribution >= 0.6 is 11.3 Å². The van der Waals surface area contributed by atoms with E-state index in [0.717, 1.165) is 4.88 Å². The van der Waals surface area contributed by atoms with Crippen molar-refractivity contribution in [1.82, 2.24) is 9.62 Å². The van der Waals surface area contributed by atoms with E-state index in [1.54, 1.807) is 7.05 Å². The zero-order chi connectivity index (χ0) is 21.6. The molecular formula is C19H22N2O7S2. The highest BCUT2D eigenvalue weighted by molar-refractivity contribution is 7.89. The second kappa shape index (κ2) is 9.92. The number of ether oxygens (including phenoxy) is 3. The number of fused-ring (bicyclic) bond motifs is 1. The molecule has 0 fully saturated rings. The van der Waals surface area contributed by atoms with Crippen molar-refractivity contribution in [2.75, 3.05) is 33.4 Å². The largest absolute Gasteiger partial charge is 0.490 e. The van der Waals surface area contributed by atoms with Crippen LogP contribution in [0, 0.1) is 0 Å². The number of nitrogens with zero attached hydrogens (tertiary/aromatic N) is 1. The summed E-state index contributed by atoms with van der Waals surface area (Å²) in [5.74, 6) is -0.443. The van der Waals surface area contributed by atoms with E-state index in [-0.39, 0.29) is 10.8 Å². The van der Waals surface area contributed by atoms with Crippen LogP contribution in [0.1, 0.15) is 11.3 Å². The number of esters is 1. The highest BCUT2D eigenvalue weighted by Gasteiger charge is 2.20. The predicted molar refractivity (Wildman–Crippen MR) is 109 cm³/mol. The molecule has 0 saturated heterocycles. The van der Waals surface area contributed by atoms with Gasteiger partial charge in [-0.05, 0) is 23.6 Å². The quantitative estimate of drug-likeness (QED) is 0.600. The average Bonchev–Trinajstić information content (AvgIpc) is 3.12. The van der Waals surface area contributed by atoms with E-state index in [2.05, 4.69) is 4.72 Å². The molecule has 2 aromatic rings. The molecule has 0 unspecified atom stereocenters. The highest BCUT2D eigenvalue weighted by Crippen LogP contribution is 2.31. The summed E-state index contributed by atoms with van der Waals surface area (Å²) in [5, 5.41) is 1.91. The molecule has 0 aliphatic carbocycles. The van der Waals surface area contributed by atoms with Gasteiger partial charge in [-0.3, -0.25) is 9.59 Å². The van der Waals surface area contributed by atoms with Crippen LogP contribution in [-0.4, -0.2) is 58.6 Å². The first-order valence-corrected chi connectivity index (χ1v) is 11.5. The van der Waals surface area contributed by atoms with Crippen LogP contribution < -0.4 is 14.2 Å². The van der Waals surface area contributed by atoms with Crippen LogP contribution in [0.2, 0.25) is 0 Å². The Labute approximate surface area is 178 Å². The third kappa shape index (κ3) is 5.94. The summed E-state index contributed by atoms with van der Waals surface area (Å²) >= 11 is 1.52. The fraction of sp³-hybridized carbons (Fsp3) is 0.368. The fourth-order valence-corrected chi connectivity index (χ4v) is 4.32. The standard InChI is InChI=1S/C19H22N2O7S2/c1-21(12-14-4-2-9-29-14)18(22)13-28-19(23)11-20-30(24,25)15-5-6-16-17(10-15)27-8-3-7-26-16/h2,4-6,9-10,20H,3,7-8,11-13H2,1H3. The van der Waals surface area contributed by atoms with E-state index in [1.807, 2.05) is 17.5 Å². The van der Waals surface area contributed by atoms with Gasteiger partial charge in [0.25, 0.3) is 5.91 Å². The summed E-state index contributed by atoms with van der Waals surface area (Å²) in [7, 11) is -2.37. The maximum absolute atomic E-state index is 12.4. The van der Waals surface area contributed by atoms with Crippen LogP contribution in [0.5, 0.6) is 11.5 Å². The van der Waals surface area contributed by atoms with E-state index in [1.165, 1.54) is 34.4 Å². The van der Waals surface area contributed by atoms with E-state index >= 15 is 0 Å². The number of nitrogens with one attached hydrogen (secondary N) is 1. The molecule has 1 aromatic heterocycles. The molecule has 1 amide bonds. The van der Waals surface area contributed by atoms with Crippen molar-refractivity contribution in [3.63, 3.8) is 0 Å². The van der Waals surface area contributed by atoms with Crippen molar-refractivity contribution in [1.29, 1.82) is 0 Å². The van der Waals surface area contributed by atoms with Crippen molar-refractivity contribution < 1.29 is 32.2 Å². The topological polar surface area (TPSA) is 111 Å². The number of benzene rings is 1. The minimum absolute atomic E-state index is 0.0636. The van der Waals surface area contributed by atoms with Crippen LogP contribution in [-0.2, 0) is 30.9 Å². The number of carbonyl (C=O) groups is 2. The second-order valence-electron chi connectivity index (χ2n) is 6.47. The Balaban J connectivity index is 1.49. The molecule has 0 spiro atoms. The smallest absolute Gasteiger partial charge is 0.321 e. The van der Waals surface area contributed by atoms with Gasteiger partial charge in [-0.25, -0.2) is 8.42 Å². The lowest BCUT2D eigenvalue weighted by Gasteiger charge is -2.16. The number of carbonyl (C=O) groups excluding carboxylic acids is 2. The van der Waals surface area contributed by atoms with Crippen molar-refractivity contribution in [2.45, 2.75) is 17.9 Å². The van der Waals surface area contributed by atoms with Gasteiger partial charge in [-0.2, -0.15) is 4.72 Å². The van der Waals surface area contributed by atoms with Crippen molar-refractivity contribution in [3.05, 3.63) is 40.6 Å². The number of rotatable bonds is 8. The highest BCUT2D eigenvalue weighted by atomic mass is 32.2. The van der Waals surface area contributed by atoms with Gasteiger partial charge >= 0.3 is 5.97 Å². The van der Waals surface area contributed by atoms with Crippen LogP contribution in [0.25, 0.3) is 0 Å². The van der Waals surface area contributed by atoms with Gasteiger partial charge < -0.3 is 19.1 Å². The van der Waals surface area contributed by atoms with Crippen LogP contribution in [0.15, 0.2) is 40.6 Å². The monoisotopic (exact) mass is 454 g/mol. The fourth-order valence-electron chi connectivity index (χ4n) is 2.58. The zero-order valence-electron chi connectivity index (χ0n) is 16.3. The third-order valence-corrected chi connectivity index (χ3v) is 6.45. The van der Waals surface area contributed by atoms with Gasteiger partial charge in [-0.1, -0.05) is 6.07 Å². The number of thiophene rings is 1. The van der Waals surface area contributed by atoms with E-state index in [4.69, 9.17) is 14.2 Å². The molecule has 0 atom stereocenters. The molecule has 11 heteroatoms. The molecule has 162 valence electrons. The second-order valence-corrected chi connectivity index (χ2v) is 9.27. The van der Waals surface area contributed by atoms with Crippen molar-refractivity contribution >= 4 is 33.2 Å². The zero-order valence-corrected chi connectivity index (χ0v) is 18.0. The Bertz CT molecular complexity index is 990. The number of sulfonamides is 1.